The first-order valence-electron chi connectivity index (χ1n) is 9.71. The van der Waals surface area contributed by atoms with E-state index in [2.05, 4.69) is 31.7 Å². The van der Waals surface area contributed by atoms with Gasteiger partial charge in [0, 0.05) is 16.5 Å². The molecule has 0 aliphatic carbocycles. The van der Waals surface area contributed by atoms with Crippen molar-refractivity contribution in [1.29, 1.82) is 0 Å². The standard InChI is InChI=1S/C11H8ClN3O.C11H7N3O3.3CH4/c1-5-4-8-9-6(11(16)15-14-8)2-3-7(12)10(9)13-5;15-10-5-2-1-3-6-9(5)7(13-14-10)4-8(12-6)11(16)17;;;/h2-4,14H,1H3,(H,15,16);1-4,13H,(H,14,15)(H,16,17);3*1H4/p-1. The monoisotopic (exact) mass is 509 g/mol. The Morgan fingerprint density at radius 2 is 1.44 bits per heavy atom. The third kappa shape index (κ3) is 4.58. The van der Waals surface area contributed by atoms with Crippen LogP contribution in [0.2, 0.25) is 5.02 Å². The van der Waals surface area contributed by atoms with Gasteiger partial charge in [-0.3, -0.25) is 36.3 Å². The molecule has 2 aromatic carbocycles. The minimum Gasteiger partial charge on any atom is -0.543 e. The molecule has 0 atom stereocenters. The van der Waals surface area contributed by atoms with Gasteiger partial charge in [0.05, 0.1) is 50.2 Å². The molecule has 0 saturated carbocycles. The number of hydrogen-bond donors (Lipinski definition) is 4. The highest BCUT2D eigenvalue weighted by molar-refractivity contribution is 6.36. The number of halogens is 1. The molecule has 2 aliphatic heterocycles. The number of amides is 2. The summed E-state index contributed by atoms with van der Waals surface area (Å²) in [6.45, 7) is 1.89. The summed E-state index contributed by atoms with van der Waals surface area (Å²) in [5.74, 6) is -1.79. The molecule has 0 bridgehead atoms. The molecule has 36 heavy (non-hydrogen) atoms. The average Bonchev–Trinajstić information content (AvgIpc) is 2.80. The molecular formula is C25H26ClN6O4-. The van der Waals surface area contributed by atoms with Crippen LogP contribution in [0.3, 0.4) is 0 Å². The number of anilines is 2. The number of pyridine rings is 2. The van der Waals surface area contributed by atoms with Crippen molar-refractivity contribution in [3.63, 3.8) is 0 Å². The van der Waals surface area contributed by atoms with Crippen molar-refractivity contribution in [1.82, 2.24) is 20.8 Å². The van der Waals surface area contributed by atoms with Crippen LogP contribution in [-0.4, -0.2) is 27.8 Å². The van der Waals surface area contributed by atoms with Gasteiger partial charge in [0.25, 0.3) is 11.8 Å². The van der Waals surface area contributed by atoms with Crippen LogP contribution in [-0.2, 0) is 0 Å². The topological polar surface area (TPSA) is 148 Å². The Morgan fingerprint density at radius 3 is 2.08 bits per heavy atom. The molecule has 11 heteroatoms. The number of benzene rings is 2. The van der Waals surface area contributed by atoms with Crippen LogP contribution in [0, 0.1) is 6.92 Å². The van der Waals surface area contributed by atoms with E-state index in [1.54, 1.807) is 30.3 Å². The van der Waals surface area contributed by atoms with Crippen molar-refractivity contribution in [2.75, 3.05) is 10.9 Å². The number of aryl methyl sites for hydroxylation is 1. The van der Waals surface area contributed by atoms with Gasteiger partial charge in [0.15, 0.2) is 0 Å². The lowest BCUT2D eigenvalue weighted by molar-refractivity contribution is -0.255. The van der Waals surface area contributed by atoms with E-state index in [-0.39, 0.29) is 39.8 Å². The average molecular weight is 510 g/mol. The number of nitrogens with zero attached hydrogens (tertiary/aromatic N) is 2. The van der Waals surface area contributed by atoms with E-state index in [9.17, 15) is 19.5 Å². The largest absolute Gasteiger partial charge is 0.543 e. The molecule has 2 amide bonds. The first kappa shape index (κ1) is 27.8. The predicted molar refractivity (Wildman–Crippen MR) is 140 cm³/mol. The molecule has 4 heterocycles. The number of carboxylic acid groups (broad SMARTS) is 1. The first-order chi connectivity index (χ1) is 15.8. The second kappa shape index (κ2) is 10.4. The van der Waals surface area contributed by atoms with E-state index in [1.807, 2.05) is 13.0 Å². The second-order valence-corrected chi connectivity index (χ2v) is 7.74. The highest BCUT2D eigenvalue weighted by Crippen LogP contribution is 2.33. The van der Waals surface area contributed by atoms with Gasteiger partial charge >= 0.3 is 0 Å². The normalized spacial score (nSPS) is 12.2. The lowest BCUT2D eigenvalue weighted by Gasteiger charge is -2.19. The molecule has 4 N–H and O–H groups in total. The van der Waals surface area contributed by atoms with Gasteiger partial charge in [-0.2, -0.15) is 0 Å². The van der Waals surface area contributed by atoms with Crippen molar-refractivity contribution in [2.24, 2.45) is 0 Å². The molecule has 2 aromatic heterocycles. The third-order valence-electron chi connectivity index (χ3n) is 5.19. The Labute approximate surface area is 213 Å². The Bertz CT molecular complexity index is 1520. The highest BCUT2D eigenvalue weighted by Gasteiger charge is 2.21. The van der Waals surface area contributed by atoms with Crippen LogP contribution in [0.15, 0.2) is 42.5 Å². The van der Waals surface area contributed by atoms with Crippen molar-refractivity contribution in [3.05, 3.63) is 70.0 Å². The van der Waals surface area contributed by atoms with Gasteiger partial charge < -0.3 is 9.90 Å². The fourth-order valence-electron chi connectivity index (χ4n) is 3.79. The fraction of sp³-hybridized carbons (Fsp3) is 0.160. The molecule has 0 radical (unpaired) electrons. The summed E-state index contributed by atoms with van der Waals surface area (Å²) in [6.07, 6.45) is 0. The van der Waals surface area contributed by atoms with E-state index in [0.29, 0.717) is 38.3 Å². The van der Waals surface area contributed by atoms with E-state index in [0.717, 1.165) is 16.8 Å². The van der Waals surface area contributed by atoms with Crippen LogP contribution in [0.25, 0.3) is 21.8 Å². The second-order valence-electron chi connectivity index (χ2n) is 7.33. The zero-order chi connectivity index (χ0) is 23.3. The first-order valence-corrected chi connectivity index (χ1v) is 10.1. The van der Waals surface area contributed by atoms with Gasteiger partial charge in [-0.25, -0.2) is 4.98 Å². The lowest BCUT2D eigenvalue weighted by Crippen LogP contribution is -2.34. The van der Waals surface area contributed by atoms with Crippen molar-refractivity contribution >= 4 is 62.6 Å². The molecular weight excluding hydrogens is 484 g/mol. The van der Waals surface area contributed by atoms with Crippen LogP contribution in [0.4, 0.5) is 11.4 Å². The Morgan fingerprint density at radius 1 is 0.833 bits per heavy atom. The highest BCUT2D eigenvalue weighted by atomic mass is 35.5. The summed E-state index contributed by atoms with van der Waals surface area (Å²) in [5, 5.41) is 12.7. The molecule has 0 unspecified atom stereocenters. The zero-order valence-corrected chi connectivity index (χ0v) is 17.7. The Kier molecular flexibility index (Phi) is 8.07. The molecule has 6 rings (SSSR count). The maximum Gasteiger partial charge on any atom is 0.270 e. The maximum atomic E-state index is 11.6. The van der Waals surface area contributed by atoms with Crippen LogP contribution < -0.4 is 26.8 Å². The van der Waals surface area contributed by atoms with Crippen LogP contribution in [0.1, 0.15) is 59.2 Å². The van der Waals surface area contributed by atoms with Gasteiger partial charge in [-0.15, -0.1) is 0 Å². The van der Waals surface area contributed by atoms with E-state index in [1.165, 1.54) is 6.07 Å². The summed E-state index contributed by atoms with van der Waals surface area (Å²) in [6, 6.07) is 11.6. The minimum atomic E-state index is -1.35. The van der Waals surface area contributed by atoms with E-state index in [4.69, 9.17) is 11.6 Å². The molecule has 0 fully saturated rings. The number of nitrogens with one attached hydrogen (secondary N) is 4. The minimum absolute atomic E-state index is 0. The number of carbonyl (C=O) groups excluding carboxylic acids is 3. The van der Waals surface area contributed by atoms with Gasteiger partial charge in [0.2, 0.25) is 0 Å². The predicted octanol–water partition coefficient (Wildman–Crippen LogP) is 3.84. The summed E-state index contributed by atoms with van der Waals surface area (Å²) >= 11 is 6.08. The molecule has 188 valence electrons. The van der Waals surface area contributed by atoms with Crippen LogP contribution >= 0.6 is 11.6 Å². The third-order valence-corrected chi connectivity index (χ3v) is 5.50. The molecule has 2 aliphatic rings. The number of hydrazine groups is 2. The van der Waals surface area contributed by atoms with E-state index >= 15 is 0 Å². The molecule has 10 nitrogen and oxygen atoms in total. The van der Waals surface area contributed by atoms with Gasteiger partial charge in [-0.1, -0.05) is 39.9 Å². The summed E-state index contributed by atoms with van der Waals surface area (Å²) < 4.78 is 0. The lowest BCUT2D eigenvalue weighted by atomic mass is 10.0. The zero-order valence-electron chi connectivity index (χ0n) is 16.9. The molecule has 0 spiro atoms. The summed E-state index contributed by atoms with van der Waals surface area (Å²) in [5.41, 5.74) is 14.7. The van der Waals surface area contributed by atoms with Crippen molar-refractivity contribution < 1.29 is 19.5 Å². The smallest absolute Gasteiger partial charge is 0.270 e. The number of carbonyl (C=O) groups is 3. The van der Waals surface area contributed by atoms with Crippen molar-refractivity contribution in [2.45, 2.75) is 29.2 Å². The maximum absolute atomic E-state index is 11.6. The number of aromatic carboxylic acids is 1. The van der Waals surface area contributed by atoms with Gasteiger partial charge in [-0.05, 0) is 43.3 Å². The van der Waals surface area contributed by atoms with Crippen LogP contribution in [0.5, 0.6) is 0 Å². The van der Waals surface area contributed by atoms with E-state index < -0.39 is 5.97 Å². The number of rotatable bonds is 1. The number of aromatic nitrogens is 2. The number of hydrogen-bond acceptors (Lipinski definition) is 8. The quantitative estimate of drug-likeness (QED) is 0.302. The fourth-order valence-corrected chi connectivity index (χ4v) is 3.99. The number of carboxylic acids is 1. The Hall–Kier alpha value is -4.44. The Balaban J connectivity index is 0.000000234. The summed E-state index contributed by atoms with van der Waals surface area (Å²) in [4.78, 5) is 42.3. The SMILES string of the molecule is C.C.C.Cc1cc2c3c(ccc(Cl)c3n1)C(=O)NN2.O=C([O-])c1cc2c3c(cccc3n1)C(=O)NN2. The molecule has 4 aromatic rings. The summed E-state index contributed by atoms with van der Waals surface area (Å²) in [7, 11) is 0. The van der Waals surface area contributed by atoms with Gasteiger partial charge in [0.1, 0.15) is 0 Å². The van der Waals surface area contributed by atoms with Crippen molar-refractivity contribution in [3.8, 4) is 0 Å². The molecule has 0 saturated heterocycles.